The molecule has 0 amide bonds. The van der Waals surface area contributed by atoms with Crippen molar-refractivity contribution in [1.82, 2.24) is 9.97 Å². The molecule has 0 saturated heterocycles. The van der Waals surface area contributed by atoms with Crippen LogP contribution in [0.3, 0.4) is 0 Å². The lowest BCUT2D eigenvalue weighted by Crippen LogP contribution is -2.06. The average Bonchev–Trinajstić information content (AvgIpc) is 3.46. The molecule has 1 aromatic heterocycles. The topological polar surface area (TPSA) is 25.8 Å². The Morgan fingerprint density at radius 1 is 0.465 bits per heavy atom. The molecule has 0 radical (unpaired) electrons. The summed E-state index contributed by atoms with van der Waals surface area (Å²) >= 11 is 1.97. The minimum Gasteiger partial charge on any atom is -0.243 e. The Morgan fingerprint density at radius 3 is 1.67 bits per heavy atom. The Morgan fingerprint density at radius 2 is 1.00 bits per heavy atom. The highest BCUT2D eigenvalue weighted by molar-refractivity contribution is 8.00. The molecule has 7 aromatic rings. The van der Waals surface area contributed by atoms with Gasteiger partial charge in [0.15, 0.2) is 0 Å². The summed E-state index contributed by atoms with van der Waals surface area (Å²) in [7, 11) is 0. The summed E-state index contributed by atoms with van der Waals surface area (Å²) in [4.78, 5) is 12.2. The molecule has 0 fully saturated rings. The molecule has 1 aliphatic heterocycles. The predicted octanol–water partition coefficient (Wildman–Crippen LogP) is 10.6. The minimum atomic E-state index is 0.455. The molecule has 2 aliphatic rings. The first-order valence-electron chi connectivity index (χ1n) is 14.7. The van der Waals surface area contributed by atoms with E-state index in [1.807, 2.05) is 17.8 Å². The van der Waals surface area contributed by atoms with Crippen LogP contribution in [0.15, 0.2) is 151 Å². The van der Waals surface area contributed by atoms with E-state index in [9.17, 15) is 0 Å². The molecule has 0 spiro atoms. The van der Waals surface area contributed by atoms with E-state index in [2.05, 4.69) is 140 Å². The highest BCUT2D eigenvalue weighted by Crippen LogP contribution is 2.49. The van der Waals surface area contributed by atoms with Gasteiger partial charge in [-0.05, 0) is 39.6 Å². The maximum absolute atomic E-state index is 5.42. The first-order valence-corrected chi connectivity index (χ1v) is 15.6. The van der Waals surface area contributed by atoms with Gasteiger partial charge in [-0.2, -0.15) is 0 Å². The first kappa shape index (κ1) is 24.6. The molecule has 2 heterocycles. The number of allylic oxidation sites excluding steroid dienone is 3. The van der Waals surface area contributed by atoms with E-state index in [1.165, 1.54) is 32.4 Å². The number of hydrogen-bond donors (Lipinski definition) is 0. The lowest BCUT2D eigenvalue weighted by atomic mass is 9.90. The summed E-state index contributed by atoms with van der Waals surface area (Å²) in [5.41, 5.74) is 9.70. The van der Waals surface area contributed by atoms with E-state index in [4.69, 9.17) is 9.97 Å². The molecule has 6 aromatic carbocycles. The van der Waals surface area contributed by atoms with E-state index < -0.39 is 0 Å². The quantitative estimate of drug-likeness (QED) is 0.199. The maximum atomic E-state index is 5.42. The van der Waals surface area contributed by atoms with Crippen LogP contribution < -0.4 is 0 Å². The van der Waals surface area contributed by atoms with Gasteiger partial charge in [0.1, 0.15) is 0 Å². The van der Waals surface area contributed by atoms with Gasteiger partial charge >= 0.3 is 0 Å². The number of nitrogens with zero attached hydrogens (tertiary/aromatic N) is 2. The van der Waals surface area contributed by atoms with E-state index in [0.29, 0.717) is 11.2 Å². The zero-order valence-electron chi connectivity index (χ0n) is 23.3. The van der Waals surface area contributed by atoms with Crippen molar-refractivity contribution in [1.29, 1.82) is 0 Å². The Kier molecular flexibility index (Phi) is 5.60. The smallest absolute Gasteiger partial charge is 0.0979 e. The molecule has 2 nitrogen and oxygen atoms in total. The van der Waals surface area contributed by atoms with Crippen LogP contribution in [-0.4, -0.2) is 15.2 Å². The van der Waals surface area contributed by atoms with Gasteiger partial charge in [0.2, 0.25) is 0 Å². The van der Waals surface area contributed by atoms with Crippen LogP contribution in [0, 0.1) is 0 Å². The van der Waals surface area contributed by atoms with Crippen molar-refractivity contribution in [2.24, 2.45) is 0 Å². The van der Waals surface area contributed by atoms with Crippen LogP contribution in [-0.2, 0) is 0 Å². The third-order valence-corrected chi connectivity index (χ3v) is 10.2. The summed E-state index contributed by atoms with van der Waals surface area (Å²) < 4.78 is 0. The largest absolute Gasteiger partial charge is 0.243 e. The second-order valence-electron chi connectivity index (χ2n) is 11.3. The fraction of sp³-hybridized carbons (Fsp3) is 0.0500. The van der Waals surface area contributed by atoms with Gasteiger partial charge in [-0.25, -0.2) is 9.97 Å². The summed E-state index contributed by atoms with van der Waals surface area (Å²) in [6.07, 6.45) is 9.01. The molecule has 0 N–H and O–H groups in total. The third kappa shape index (κ3) is 3.96. The number of thioether (sulfide) groups is 1. The highest BCUT2D eigenvalue weighted by atomic mass is 32.2. The van der Waals surface area contributed by atoms with Crippen molar-refractivity contribution < 1.29 is 0 Å². The second-order valence-corrected chi connectivity index (χ2v) is 12.5. The SMILES string of the molecule is C1=CC2Sc3ccc(-c4ccc(-c5nc6c7ccccc7c7ccccc7c6nc5-c5ccccc5)cc4)cc3C2C=C1. The highest BCUT2D eigenvalue weighted by Gasteiger charge is 2.31. The van der Waals surface area contributed by atoms with E-state index in [0.717, 1.165) is 44.3 Å². The van der Waals surface area contributed by atoms with Gasteiger partial charge in [0, 0.05) is 38.0 Å². The molecule has 43 heavy (non-hydrogen) atoms. The van der Waals surface area contributed by atoms with Gasteiger partial charge in [-0.1, -0.05) is 133 Å². The van der Waals surface area contributed by atoms with Crippen LogP contribution >= 0.6 is 11.8 Å². The number of rotatable bonds is 3. The zero-order chi connectivity index (χ0) is 28.3. The van der Waals surface area contributed by atoms with Gasteiger partial charge in [0.05, 0.1) is 22.4 Å². The number of hydrogen-bond acceptors (Lipinski definition) is 3. The summed E-state index contributed by atoms with van der Waals surface area (Å²) in [6.45, 7) is 0. The summed E-state index contributed by atoms with van der Waals surface area (Å²) in [5.74, 6) is 0.455. The summed E-state index contributed by atoms with van der Waals surface area (Å²) in [5, 5.41) is 5.17. The van der Waals surface area contributed by atoms with Crippen LogP contribution in [0.25, 0.3) is 66.2 Å². The van der Waals surface area contributed by atoms with E-state index in [-0.39, 0.29) is 0 Å². The van der Waals surface area contributed by atoms with Crippen LogP contribution in [0.4, 0.5) is 0 Å². The molecular weight excluding hydrogens is 541 g/mol. The Labute approximate surface area is 254 Å². The zero-order valence-corrected chi connectivity index (χ0v) is 24.1. The molecule has 2 unspecified atom stereocenters. The Hall–Kier alpha value is -4.99. The number of aromatic nitrogens is 2. The fourth-order valence-electron chi connectivity index (χ4n) is 6.70. The van der Waals surface area contributed by atoms with Crippen molar-refractivity contribution in [2.75, 3.05) is 0 Å². The van der Waals surface area contributed by atoms with Gasteiger partial charge in [-0.15, -0.1) is 11.8 Å². The molecule has 0 bridgehead atoms. The lowest BCUT2D eigenvalue weighted by molar-refractivity contribution is 0.881. The van der Waals surface area contributed by atoms with Crippen molar-refractivity contribution in [2.45, 2.75) is 16.1 Å². The third-order valence-electron chi connectivity index (χ3n) is 8.81. The molecule has 9 rings (SSSR count). The molecular formula is C40H26N2S. The number of fused-ring (bicyclic) bond motifs is 9. The number of benzene rings is 6. The van der Waals surface area contributed by atoms with Crippen LogP contribution in [0.5, 0.6) is 0 Å². The molecule has 202 valence electrons. The second kappa shape index (κ2) is 9.79. The van der Waals surface area contributed by atoms with Crippen LogP contribution in [0.2, 0.25) is 0 Å². The normalized spacial score (nSPS) is 17.0. The van der Waals surface area contributed by atoms with Gasteiger partial charge < -0.3 is 0 Å². The summed E-state index contributed by atoms with van der Waals surface area (Å²) in [6, 6.07) is 43.3. The maximum Gasteiger partial charge on any atom is 0.0979 e. The lowest BCUT2D eigenvalue weighted by Gasteiger charge is -2.15. The first-order chi connectivity index (χ1) is 21.3. The Bertz CT molecular complexity index is 2270. The minimum absolute atomic E-state index is 0.455. The standard InChI is InChI=1S/C40H26N2S/c1-2-10-26(11-3-1)37-38(42-40-33-16-7-5-13-30(33)29-12-4-6-15-32(29)39(40)41-37)27-20-18-25(19-21-27)28-22-23-36-34(24-28)31-14-8-9-17-35(31)43-36/h1-24,31,35H. The monoisotopic (exact) mass is 566 g/mol. The van der Waals surface area contributed by atoms with Gasteiger partial charge in [-0.3, -0.25) is 0 Å². The van der Waals surface area contributed by atoms with Crippen molar-refractivity contribution >= 4 is 44.3 Å². The van der Waals surface area contributed by atoms with E-state index in [1.54, 1.807) is 0 Å². The van der Waals surface area contributed by atoms with Crippen molar-refractivity contribution in [3.8, 4) is 33.6 Å². The van der Waals surface area contributed by atoms with E-state index >= 15 is 0 Å². The fourth-order valence-corrected chi connectivity index (χ4v) is 8.03. The molecule has 0 saturated carbocycles. The molecule has 1 aliphatic carbocycles. The molecule has 3 heteroatoms. The average molecular weight is 567 g/mol. The van der Waals surface area contributed by atoms with Crippen molar-refractivity contribution in [3.63, 3.8) is 0 Å². The predicted molar refractivity (Wildman–Crippen MR) is 182 cm³/mol. The van der Waals surface area contributed by atoms with Crippen LogP contribution in [0.1, 0.15) is 11.5 Å². The molecule has 2 atom stereocenters. The van der Waals surface area contributed by atoms with Gasteiger partial charge in [0.25, 0.3) is 0 Å². The Balaban J connectivity index is 1.22. The van der Waals surface area contributed by atoms with Crippen molar-refractivity contribution in [3.05, 3.63) is 151 Å².